The Balaban J connectivity index is 3.17. The van der Waals surface area contributed by atoms with Crippen LogP contribution in [0, 0.1) is 5.92 Å². The van der Waals surface area contributed by atoms with Gasteiger partial charge in [0, 0.05) is 46.8 Å². The number of carboxylic acids is 1. The number of ketones is 1. The summed E-state index contributed by atoms with van der Waals surface area (Å²) in [5, 5.41) is 21.8. The van der Waals surface area contributed by atoms with Gasteiger partial charge in [0.1, 0.15) is 6.04 Å². The third kappa shape index (κ3) is 17.4. The van der Waals surface area contributed by atoms with Gasteiger partial charge in [0.15, 0.2) is 5.78 Å². The number of Topliss-reactive ketones (excluding diaryl/α,β-unsaturated/α-hetero) is 1. The molecular weight excluding hydrogens is 684 g/mol. The molecule has 0 saturated heterocycles. The van der Waals surface area contributed by atoms with Crippen LogP contribution in [0.4, 0.5) is 0 Å². The van der Waals surface area contributed by atoms with Crippen LogP contribution >= 0.6 is 32.8 Å². The second-order valence-corrected chi connectivity index (χ2v) is 20.9. The fourth-order valence-corrected chi connectivity index (χ4v) is 6.55. The average molecular weight is 745 g/mol. The maximum Gasteiger partial charge on any atom is 0.303 e. The lowest BCUT2D eigenvalue weighted by Crippen LogP contribution is -2.56. The number of thioether (sulfide) groups is 2. The number of carbonyl (C=O) groups is 4. The lowest BCUT2D eigenvalue weighted by atomic mass is 9.99. The molecule has 10 nitrogen and oxygen atoms in total. The fraction of sp³-hybridized carbons (Fsp3) is 0.722. The minimum atomic E-state index is -1.08. The van der Waals surface area contributed by atoms with Crippen molar-refractivity contribution in [2.24, 2.45) is 5.92 Å². The van der Waals surface area contributed by atoms with Crippen molar-refractivity contribution < 1.29 is 38.9 Å². The lowest BCUT2D eigenvalue weighted by molar-refractivity contribution is -0.142. The molecule has 0 aliphatic heterocycles. The number of carboxylic acid groups (broad SMARTS) is 1. The van der Waals surface area contributed by atoms with Crippen molar-refractivity contribution in [2.45, 2.75) is 121 Å². The Hall–Kier alpha value is -1.69. The highest BCUT2D eigenvalue weighted by Crippen LogP contribution is 2.36. The summed E-state index contributed by atoms with van der Waals surface area (Å²) < 4.78 is 11.2. The Kier molecular flexibility index (Phi) is 17.3. The van der Waals surface area contributed by atoms with E-state index in [0.29, 0.717) is 23.7 Å². The van der Waals surface area contributed by atoms with E-state index in [1.54, 1.807) is 30.9 Å². The van der Waals surface area contributed by atoms with Crippen molar-refractivity contribution >= 4 is 56.3 Å². The molecule has 0 aliphatic rings. The maximum absolute atomic E-state index is 13.8. The van der Waals surface area contributed by atoms with Crippen molar-refractivity contribution in [1.29, 1.82) is 0 Å². The van der Waals surface area contributed by atoms with Crippen LogP contribution in [-0.2, 0) is 19.1 Å². The summed E-state index contributed by atoms with van der Waals surface area (Å²) in [4.78, 5) is 53.6. The molecule has 0 bridgehead atoms. The number of rotatable bonds is 20. The Morgan fingerprint density at radius 1 is 0.837 bits per heavy atom. The number of likely N-dealkylation sites (N-methyl/N-ethyl adjacent to an activating group) is 1. The number of benzene rings is 1. The molecule has 1 aromatic rings. The van der Waals surface area contributed by atoms with Crippen LogP contribution in [0.1, 0.15) is 110 Å². The number of nitrogens with one attached hydrogen (secondary N) is 1. The minimum Gasteiger partial charge on any atom is -0.481 e. The molecule has 1 rings (SSSR count). The first-order valence-electron chi connectivity index (χ1n) is 16.6. The Labute approximate surface area is 305 Å². The summed E-state index contributed by atoms with van der Waals surface area (Å²) in [5.41, 5.74) is -0.751. The normalized spacial score (nSPS) is 15.2. The zero-order chi connectivity index (χ0) is 38.0. The van der Waals surface area contributed by atoms with Crippen LogP contribution in [0.15, 0.2) is 24.3 Å². The van der Waals surface area contributed by atoms with Crippen LogP contribution in [0.3, 0.4) is 0 Å². The number of carbonyl (C=O) groups excluding carboxylic acids is 3. The van der Waals surface area contributed by atoms with Gasteiger partial charge in [-0.3, -0.25) is 19.2 Å². The topological polar surface area (TPSA) is 142 Å². The molecule has 13 heteroatoms. The van der Waals surface area contributed by atoms with E-state index in [2.05, 4.69) is 28.4 Å². The molecule has 4 atom stereocenters. The molecule has 3 N–H and O–H groups in total. The summed E-state index contributed by atoms with van der Waals surface area (Å²) >= 11 is 3.17. The molecule has 280 valence electrons. The van der Waals surface area contributed by atoms with E-state index in [4.69, 9.17) is 9.47 Å². The number of hydrogen-bond donors (Lipinski definition) is 3. The number of aliphatic carboxylic acids is 1. The Bertz CT molecular complexity index is 1260. The van der Waals surface area contributed by atoms with Crippen molar-refractivity contribution in [3.05, 3.63) is 35.4 Å². The summed E-state index contributed by atoms with van der Waals surface area (Å²) in [5.74, 6) is -1.47. The Morgan fingerprint density at radius 2 is 1.33 bits per heavy atom. The highest BCUT2D eigenvalue weighted by atomic mass is 32.2. The molecule has 49 heavy (non-hydrogen) atoms. The molecule has 0 spiro atoms. The smallest absolute Gasteiger partial charge is 0.303 e. The van der Waals surface area contributed by atoms with Gasteiger partial charge in [-0.05, 0) is 94.7 Å². The van der Waals surface area contributed by atoms with Gasteiger partial charge in [-0.15, -0.1) is 21.0 Å². The summed E-state index contributed by atoms with van der Waals surface area (Å²) in [6, 6.07) is 5.20. The zero-order valence-electron chi connectivity index (χ0n) is 31.6. The number of aliphatic hydroxyl groups is 1. The first-order chi connectivity index (χ1) is 22.2. The van der Waals surface area contributed by atoms with Gasteiger partial charge in [-0.25, -0.2) is 0 Å². The van der Waals surface area contributed by atoms with Gasteiger partial charge in [-0.1, -0.05) is 12.1 Å². The number of amides is 2. The lowest BCUT2D eigenvalue weighted by Gasteiger charge is -2.39. The quantitative estimate of drug-likeness (QED) is 0.105. The number of aliphatic hydroxyl groups excluding tert-OH is 1. The van der Waals surface area contributed by atoms with Gasteiger partial charge >= 0.3 is 5.97 Å². The van der Waals surface area contributed by atoms with Crippen LogP contribution < -0.4 is 5.32 Å². The van der Waals surface area contributed by atoms with E-state index in [9.17, 15) is 29.4 Å². The molecule has 0 radical (unpaired) electrons. The average Bonchev–Trinajstić information content (AvgIpc) is 2.99. The molecule has 0 heterocycles. The van der Waals surface area contributed by atoms with Crippen LogP contribution in [0.5, 0.6) is 0 Å². The highest BCUT2D eigenvalue weighted by Gasteiger charge is 2.35. The predicted molar refractivity (Wildman–Crippen MR) is 205 cm³/mol. The monoisotopic (exact) mass is 744 g/mol. The minimum absolute atomic E-state index is 0.0565. The number of hydrogen-bond acceptors (Lipinski definition) is 9. The van der Waals surface area contributed by atoms with Crippen LogP contribution in [0.2, 0.25) is 0 Å². The van der Waals surface area contributed by atoms with Crippen molar-refractivity contribution in [3.8, 4) is 0 Å². The second-order valence-electron chi connectivity index (χ2n) is 16.0. The SMILES string of the molecule is CN(C(=O)[C@H](CCC(=O)O)NC(=O)c1ccc(C(=O)C(CSC(C)(C)COC(C)(C)C)CSC(C)(P)CO)cc1)C(C)(C)COC(C)(C)C. The standard InChI is InChI=1S/C36H61N2O8PS2/c1-32(2,3)45-22-34(7,8)38(12)31(44)27(17-18-28(40)41)37-30(43)25-15-13-24(14-16-25)29(42)26(20-49-36(11,47)21-39)19-48-35(9,10)23-46-33(4,5)6/h13-16,26-27,39H,17-23,47H2,1-12H3,(H,37,43)(H,40,41)/t26?,27-,36?/m0/s1. The molecule has 0 saturated carbocycles. The largest absolute Gasteiger partial charge is 0.481 e. The Morgan fingerprint density at radius 3 is 1.82 bits per heavy atom. The van der Waals surface area contributed by atoms with Crippen molar-refractivity contribution in [1.82, 2.24) is 10.2 Å². The molecule has 3 unspecified atom stereocenters. The molecular formula is C36H61N2O8PS2. The molecule has 1 aromatic carbocycles. The summed E-state index contributed by atoms with van der Waals surface area (Å²) in [6.45, 7) is 22.2. The van der Waals surface area contributed by atoms with E-state index in [1.807, 2.05) is 62.3 Å². The van der Waals surface area contributed by atoms with Crippen molar-refractivity contribution in [2.75, 3.05) is 38.4 Å². The maximum atomic E-state index is 13.8. The van der Waals surface area contributed by atoms with Gasteiger partial charge in [-0.2, -0.15) is 11.8 Å². The molecule has 0 aliphatic carbocycles. The fourth-order valence-electron chi connectivity index (χ4n) is 4.10. The zero-order valence-corrected chi connectivity index (χ0v) is 34.4. The van der Waals surface area contributed by atoms with E-state index in [-0.39, 0.29) is 53.7 Å². The second kappa shape index (κ2) is 18.7. The summed E-state index contributed by atoms with van der Waals surface area (Å²) in [6.07, 6.45) is -0.396. The third-order valence-corrected chi connectivity index (χ3v) is 11.1. The third-order valence-electron chi connectivity index (χ3n) is 7.61. The van der Waals surface area contributed by atoms with Gasteiger partial charge in [0.2, 0.25) is 5.91 Å². The van der Waals surface area contributed by atoms with Crippen LogP contribution in [-0.4, -0.2) is 109 Å². The molecule has 0 aromatic heterocycles. The predicted octanol–water partition coefficient (Wildman–Crippen LogP) is 6.14. The number of nitrogens with zero attached hydrogens (tertiary/aromatic N) is 1. The van der Waals surface area contributed by atoms with Gasteiger partial charge < -0.3 is 29.9 Å². The summed E-state index contributed by atoms with van der Waals surface area (Å²) in [7, 11) is 4.26. The first-order valence-corrected chi connectivity index (χ1v) is 19.1. The van der Waals surface area contributed by atoms with Crippen molar-refractivity contribution in [3.63, 3.8) is 0 Å². The highest BCUT2D eigenvalue weighted by molar-refractivity contribution is 8.04. The number of ether oxygens (including phenoxy) is 2. The first kappa shape index (κ1) is 45.3. The van der Waals surface area contributed by atoms with Gasteiger partial charge in [0.25, 0.3) is 5.91 Å². The van der Waals surface area contributed by atoms with E-state index >= 15 is 0 Å². The molecule has 0 fully saturated rings. The van der Waals surface area contributed by atoms with E-state index in [0.717, 1.165) is 0 Å². The van der Waals surface area contributed by atoms with Crippen LogP contribution in [0.25, 0.3) is 0 Å². The van der Waals surface area contributed by atoms with E-state index < -0.39 is 39.5 Å². The van der Waals surface area contributed by atoms with E-state index in [1.165, 1.54) is 28.8 Å². The van der Waals surface area contributed by atoms with Gasteiger partial charge in [0.05, 0.1) is 41.0 Å². The molecule has 2 amide bonds.